The van der Waals surface area contributed by atoms with Crippen molar-refractivity contribution in [1.82, 2.24) is 9.97 Å². The largest absolute Gasteiger partial charge is 0.317 e. The molecule has 0 aliphatic rings. The van der Waals surface area contributed by atoms with Crippen molar-refractivity contribution in [1.29, 1.82) is 0 Å². The quantitative estimate of drug-likeness (QED) is 0.438. The van der Waals surface area contributed by atoms with E-state index in [0.29, 0.717) is 0 Å². The van der Waals surface area contributed by atoms with Crippen molar-refractivity contribution in [3.63, 3.8) is 0 Å². The number of aryl methyl sites for hydroxylation is 2. The van der Waals surface area contributed by atoms with Crippen LogP contribution < -0.4 is 5.32 Å². The van der Waals surface area contributed by atoms with Gasteiger partial charge in [0.25, 0.3) is 5.91 Å². The van der Waals surface area contributed by atoms with Gasteiger partial charge in [-0.25, -0.2) is 13.8 Å². The molecular formula is C23H17F2N3OS. The van der Waals surface area contributed by atoms with E-state index in [1.54, 1.807) is 41.8 Å². The number of benzene rings is 2. The van der Waals surface area contributed by atoms with Gasteiger partial charge in [-0.3, -0.25) is 9.78 Å². The number of nitrogens with zero attached hydrogens (tertiary/aromatic N) is 2. The molecule has 7 heteroatoms. The summed E-state index contributed by atoms with van der Waals surface area (Å²) in [4.78, 5) is 22.5. The SMILES string of the molecule is Cc1ccc(-c2nc(-c3ccc(C(=O)Nc4c(F)cccc4F)cc3)c(C)s2)cn1. The number of anilines is 1. The van der Waals surface area contributed by atoms with Gasteiger partial charge in [-0.15, -0.1) is 11.3 Å². The minimum Gasteiger partial charge on any atom is -0.317 e. The van der Waals surface area contributed by atoms with Crippen LogP contribution in [-0.4, -0.2) is 15.9 Å². The molecule has 150 valence electrons. The van der Waals surface area contributed by atoms with Gasteiger partial charge in [-0.05, 0) is 50.2 Å². The van der Waals surface area contributed by atoms with Crippen LogP contribution in [-0.2, 0) is 0 Å². The van der Waals surface area contributed by atoms with Crippen LogP contribution in [0.5, 0.6) is 0 Å². The Bertz CT molecular complexity index is 1200. The van der Waals surface area contributed by atoms with Gasteiger partial charge >= 0.3 is 0 Å². The second kappa shape index (κ2) is 8.12. The van der Waals surface area contributed by atoms with E-state index in [-0.39, 0.29) is 5.56 Å². The number of thiazole rings is 1. The van der Waals surface area contributed by atoms with Crippen molar-refractivity contribution in [2.45, 2.75) is 13.8 Å². The fourth-order valence-electron chi connectivity index (χ4n) is 2.96. The standard InChI is InChI=1S/C23H17F2N3OS/c1-13-6-7-17(12-26-13)23-28-20(14(2)30-23)15-8-10-16(11-9-15)22(29)27-21-18(24)4-3-5-19(21)25/h3-12H,1-2H3,(H,27,29). The summed E-state index contributed by atoms with van der Waals surface area (Å²) in [6.07, 6.45) is 1.80. The summed E-state index contributed by atoms with van der Waals surface area (Å²) in [7, 11) is 0. The van der Waals surface area contributed by atoms with E-state index in [9.17, 15) is 13.6 Å². The third-order valence-corrected chi connectivity index (χ3v) is 5.60. The van der Waals surface area contributed by atoms with Gasteiger partial charge < -0.3 is 5.32 Å². The fraction of sp³-hybridized carbons (Fsp3) is 0.0870. The lowest BCUT2D eigenvalue weighted by atomic mass is 10.1. The van der Waals surface area contributed by atoms with Crippen LogP contribution in [0.25, 0.3) is 21.8 Å². The lowest BCUT2D eigenvalue weighted by Crippen LogP contribution is -2.14. The van der Waals surface area contributed by atoms with Gasteiger partial charge in [0.1, 0.15) is 22.3 Å². The molecule has 4 rings (SSSR count). The Kier molecular flexibility index (Phi) is 5.37. The third-order valence-electron chi connectivity index (χ3n) is 4.58. The average Bonchev–Trinajstić information content (AvgIpc) is 3.13. The molecule has 0 atom stereocenters. The highest BCUT2D eigenvalue weighted by Crippen LogP contribution is 2.33. The molecule has 1 amide bonds. The summed E-state index contributed by atoms with van der Waals surface area (Å²) >= 11 is 1.57. The number of amides is 1. The van der Waals surface area contributed by atoms with Crippen LogP contribution in [0.15, 0.2) is 60.8 Å². The van der Waals surface area contributed by atoms with Gasteiger partial charge in [-0.1, -0.05) is 18.2 Å². The minimum atomic E-state index is -0.823. The highest BCUT2D eigenvalue weighted by molar-refractivity contribution is 7.15. The number of aromatic nitrogens is 2. The van der Waals surface area contributed by atoms with Crippen LogP contribution in [0.1, 0.15) is 20.9 Å². The van der Waals surface area contributed by atoms with Gasteiger partial charge in [-0.2, -0.15) is 0 Å². The van der Waals surface area contributed by atoms with Crippen LogP contribution in [0, 0.1) is 25.5 Å². The lowest BCUT2D eigenvalue weighted by Gasteiger charge is -2.08. The van der Waals surface area contributed by atoms with E-state index in [4.69, 9.17) is 4.98 Å². The predicted molar refractivity (Wildman–Crippen MR) is 115 cm³/mol. The summed E-state index contributed by atoms with van der Waals surface area (Å²) in [5.74, 6) is -2.24. The number of carbonyl (C=O) groups excluding carboxylic acids is 1. The van der Waals surface area contributed by atoms with Gasteiger partial charge in [0.2, 0.25) is 0 Å². The number of halogens is 2. The molecule has 0 aliphatic carbocycles. The second-order valence-electron chi connectivity index (χ2n) is 6.74. The number of para-hydroxylation sites is 1. The van der Waals surface area contributed by atoms with E-state index in [2.05, 4.69) is 10.3 Å². The Morgan fingerprint density at radius 2 is 1.60 bits per heavy atom. The predicted octanol–water partition coefficient (Wildman–Crippen LogP) is 6.02. The van der Waals surface area contributed by atoms with E-state index >= 15 is 0 Å². The van der Waals surface area contributed by atoms with Crippen molar-refractivity contribution in [3.8, 4) is 21.8 Å². The molecule has 0 fully saturated rings. The van der Waals surface area contributed by atoms with Crippen LogP contribution >= 0.6 is 11.3 Å². The summed E-state index contributed by atoms with van der Waals surface area (Å²) in [5, 5.41) is 3.15. The first-order valence-corrected chi connectivity index (χ1v) is 10.0. The van der Waals surface area contributed by atoms with E-state index in [1.807, 2.05) is 26.0 Å². The van der Waals surface area contributed by atoms with Crippen LogP contribution in [0.3, 0.4) is 0 Å². The maximum absolute atomic E-state index is 13.8. The Morgan fingerprint density at radius 1 is 0.933 bits per heavy atom. The maximum Gasteiger partial charge on any atom is 0.255 e. The molecule has 2 aromatic heterocycles. The molecule has 0 aliphatic heterocycles. The molecule has 1 N–H and O–H groups in total. The van der Waals surface area contributed by atoms with Gasteiger partial charge in [0.05, 0.1) is 5.69 Å². The number of hydrogen-bond acceptors (Lipinski definition) is 4. The van der Waals surface area contributed by atoms with Crippen molar-refractivity contribution >= 4 is 22.9 Å². The molecule has 0 radical (unpaired) electrons. The van der Waals surface area contributed by atoms with Crippen LogP contribution in [0.2, 0.25) is 0 Å². The topological polar surface area (TPSA) is 54.9 Å². The zero-order valence-corrected chi connectivity index (χ0v) is 17.1. The number of rotatable bonds is 4. The summed E-state index contributed by atoms with van der Waals surface area (Å²) < 4.78 is 27.5. The maximum atomic E-state index is 13.8. The Balaban J connectivity index is 1.56. The number of carbonyl (C=O) groups is 1. The molecule has 2 aromatic carbocycles. The third kappa shape index (κ3) is 3.97. The molecule has 0 saturated carbocycles. The number of pyridine rings is 1. The summed E-state index contributed by atoms with van der Waals surface area (Å²) in [5.41, 5.74) is 3.39. The first-order chi connectivity index (χ1) is 14.4. The molecule has 2 heterocycles. The molecule has 0 saturated heterocycles. The van der Waals surface area contributed by atoms with Crippen molar-refractivity contribution in [3.05, 3.63) is 88.6 Å². The Labute approximate surface area is 176 Å². The van der Waals surface area contributed by atoms with Crippen molar-refractivity contribution < 1.29 is 13.6 Å². The summed E-state index contributed by atoms with van der Waals surface area (Å²) in [6, 6.07) is 14.1. The molecule has 0 unspecified atom stereocenters. The smallest absolute Gasteiger partial charge is 0.255 e. The summed E-state index contributed by atoms with van der Waals surface area (Å²) in [6.45, 7) is 3.92. The molecule has 4 aromatic rings. The van der Waals surface area contributed by atoms with Gasteiger partial charge in [0, 0.05) is 33.5 Å². The Morgan fingerprint density at radius 3 is 2.23 bits per heavy atom. The highest BCUT2D eigenvalue weighted by atomic mass is 32.1. The molecule has 0 bridgehead atoms. The number of hydrogen-bond donors (Lipinski definition) is 1. The Hall–Kier alpha value is -3.45. The number of nitrogens with one attached hydrogen (secondary N) is 1. The van der Waals surface area contributed by atoms with Crippen LogP contribution in [0.4, 0.5) is 14.5 Å². The second-order valence-corrected chi connectivity index (χ2v) is 7.94. The first kappa shape index (κ1) is 19.8. The zero-order chi connectivity index (χ0) is 21.3. The molecular weight excluding hydrogens is 404 g/mol. The lowest BCUT2D eigenvalue weighted by molar-refractivity contribution is 0.102. The normalized spacial score (nSPS) is 10.8. The van der Waals surface area contributed by atoms with E-state index in [0.717, 1.165) is 44.5 Å². The van der Waals surface area contributed by atoms with Crippen molar-refractivity contribution in [2.75, 3.05) is 5.32 Å². The molecule has 0 spiro atoms. The zero-order valence-electron chi connectivity index (χ0n) is 16.2. The van der Waals surface area contributed by atoms with E-state index < -0.39 is 23.2 Å². The average molecular weight is 421 g/mol. The highest BCUT2D eigenvalue weighted by Gasteiger charge is 2.15. The van der Waals surface area contributed by atoms with E-state index in [1.165, 1.54) is 6.07 Å². The first-order valence-electron chi connectivity index (χ1n) is 9.18. The van der Waals surface area contributed by atoms with Gasteiger partial charge in [0.15, 0.2) is 0 Å². The molecule has 4 nitrogen and oxygen atoms in total. The monoisotopic (exact) mass is 421 g/mol. The fourth-order valence-corrected chi connectivity index (χ4v) is 3.89. The molecule has 30 heavy (non-hydrogen) atoms. The minimum absolute atomic E-state index is 0.289. The van der Waals surface area contributed by atoms with Crippen molar-refractivity contribution in [2.24, 2.45) is 0 Å².